The number of nitrogens with zero attached hydrogens (tertiary/aromatic N) is 2. The minimum atomic E-state index is -0.400. The molecule has 3 aromatic rings. The molecule has 3 heterocycles. The summed E-state index contributed by atoms with van der Waals surface area (Å²) in [7, 11) is 0. The zero-order chi connectivity index (χ0) is 20.8. The number of amides is 2. The topological polar surface area (TPSA) is 89.2 Å². The maximum absolute atomic E-state index is 12.4. The fourth-order valence-corrected chi connectivity index (χ4v) is 3.93. The molecule has 0 aliphatic carbocycles. The lowest BCUT2D eigenvalue weighted by Crippen LogP contribution is -2.44. The zero-order valence-corrected chi connectivity index (χ0v) is 16.8. The molecule has 1 aliphatic heterocycles. The number of hydrogen-bond acceptors (Lipinski definition) is 4. The molecule has 1 aliphatic rings. The van der Waals surface area contributed by atoms with Gasteiger partial charge in [0, 0.05) is 37.5 Å². The second-order valence-corrected chi connectivity index (χ2v) is 7.81. The van der Waals surface area contributed by atoms with Gasteiger partial charge >= 0.3 is 0 Å². The third kappa shape index (κ3) is 4.97. The Morgan fingerprint density at radius 3 is 2.83 bits per heavy atom. The maximum atomic E-state index is 12.4. The molecule has 156 valence electrons. The van der Waals surface area contributed by atoms with Crippen LogP contribution in [-0.2, 0) is 22.4 Å². The third-order valence-electron chi connectivity index (χ3n) is 5.55. The van der Waals surface area contributed by atoms with E-state index in [9.17, 15) is 9.59 Å². The molecule has 1 saturated heterocycles. The van der Waals surface area contributed by atoms with Crippen LogP contribution in [0, 0.1) is 0 Å². The monoisotopic (exact) mass is 406 g/mol. The van der Waals surface area contributed by atoms with Gasteiger partial charge in [-0.15, -0.1) is 0 Å². The summed E-state index contributed by atoms with van der Waals surface area (Å²) in [4.78, 5) is 24.2. The molecular weight excluding hydrogens is 380 g/mol. The molecule has 1 fully saturated rings. The van der Waals surface area contributed by atoms with Crippen LogP contribution in [0.5, 0.6) is 0 Å². The van der Waals surface area contributed by atoms with Crippen LogP contribution in [-0.4, -0.2) is 33.7 Å². The van der Waals surface area contributed by atoms with Gasteiger partial charge in [-0.05, 0) is 49.1 Å². The number of carbonyl (C=O) groups excluding carboxylic acids is 2. The van der Waals surface area contributed by atoms with Crippen LogP contribution in [0.25, 0.3) is 5.69 Å². The van der Waals surface area contributed by atoms with Crippen LogP contribution >= 0.6 is 0 Å². The third-order valence-corrected chi connectivity index (χ3v) is 5.55. The lowest BCUT2D eigenvalue weighted by atomic mass is 9.87. The smallest absolute Gasteiger partial charge is 0.220 e. The average Bonchev–Trinajstić information content (AvgIpc) is 3.50. The molecule has 2 N–H and O–H groups in total. The van der Waals surface area contributed by atoms with Crippen molar-refractivity contribution in [2.75, 3.05) is 6.54 Å². The first-order valence-electron chi connectivity index (χ1n) is 10.3. The molecule has 30 heavy (non-hydrogen) atoms. The van der Waals surface area contributed by atoms with Gasteiger partial charge in [-0.2, -0.15) is 5.10 Å². The van der Waals surface area contributed by atoms with E-state index < -0.39 is 5.54 Å². The Labute approximate surface area is 175 Å². The van der Waals surface area contributed by atoms with Gasteiger partial charge in [0.15, 0.2) is 0 Å². The number of rotatable bonds is 9. The highest BCUT2D eigenvalue weighted by Crippen LogP contribution is 2.29. The minimum Gasteiger partial charge on any atom is -0.469 e. The Morgan fingerprint density at radius 2 is 2.10 bits per heavy atom. The van der Waals surface area contributed by atoms with Gasteiger partial charge in [0.05, 0.1) is 18.1 Å². The van der Waals surface area contributed by atoms with Crippen LogP contribution < -0.4 is 10.6 Å². The highest BCUT2D eigenvalue weighted by Gasteiger charge is 2.38. The Hall–Kier alpha value is -3.35. The van der Waals surface area contributed by atoms with E-state index in [1.54, 1.807) is 6.26 Å². The Balaban J connectivity index is 1.24. The lowest BCUT2D eigenvalue weighted by molar-refractivity contribution is -0.122. The zero-order valence-electron chi connectivity index (χ0n) is 16.8. The largest absolute Gasteiger partial charge is 0.469 e. The van der Waals surface area contributed by atoms with Gasteiger partial charge in [-0.25, -0.2) is 4.68 Å². The molecule has 0 saturated carbocycles. The predicted molar refractivity (Wildman–Crippen MR) is 112 cm³/mol. The Morgan fingerprint density at radius 1 is 1.23 bits per heavy atom. The molecule has 7 nitrogen and oxygen atoms in total. The second kappa shape index (κ2) is 8.98. The van der Waals surface area contributed by atoms with Crippen molar-refractivity contribution >= 4 is 11.8 Å². The van der Waals surface area contributed by atoms with Crippen LogP contribution in [0.4, 0.5) is 0 Å². The van der Waals surface area contributed by atoms with Gasteiger partial charge in [0.1, 0.15) is 5.76 Å². The molecule has 4 rings (SSSR count). The van der Waals surface area contributed by atoms with Gasteiger partial charge in [0.2, 0.25) is 11.8 Å². The van der Waals surface area contributed by atoms with E-state index in [0.717, 1.165) is 23.4 Å². The first kappa shape index (κ1) is 19.9. The van der Waals surface area contributed by atoms with E-state index >= 15 is 0 Å². The summed E-state index contributed by atoms with van der Waals surface area (Å²) in [5.74, 6) is 0.857. The van der Waals surface area contributed by atoms with Gasteiger partial charge in [-0.1, -0.05) is 18.2 Å². The number of aromatic nitrogens is 2. The SMILES string of the molecule is O=C(CCC1(Cc2ccco2)CCC(=O)N1)NCCc1cnn(-c2ccccc2)c1. The van der Waals surface area contributed by atoms with Crippen molar-refractivity contribution in [1.29, 1.82) is 0 Å². The first-order valence-corrected chi connectivity index (χ1v) is 10.3. The molecule has 0 radical (unpaired) electrons. The van der Waals surface area contributed by atoms with Crippen molar-refractivity contribution in [2.45, 2.75) is 44.1 Å². The molecule has 1 unspecified atom stereocenters. The van der Waals surface area contributed by atoms with Crippen LogP contribution in [0.3, 0.4) is 0 Å². The fraction of sp³-hybridized carbons (Fsp3) is 0.348. The van der Waals surface area contributed by atoms with Crippen molar-refractivity contribution in [2.24, 2.45) is 0 Å². The molecule has 0 spiro atoms. The summed E-state index contributed by atoms with van der Waals surface area (Å²) in [6.07, 6.45) is 8.93. The van der Waals surface area contributed by atoms with E-state index in [-0.39, 0.29) is 11.8 Å². The van der Waals surface area contributed by atoms with E-state index in [1.165, 1.54) is 0 Å². The standard InChI is InChI=1S/C23H26N4O3/c28-21(8-11-23(12-9-22(29)26-23)15-20-7-4-14-30-20)24-13-10-18-16-25-27(17-18)19-5-2-1-3-6-19/h1-7,14,16-17H,8-13,15H2,(H,24,28)(H,26,29). The van der Waals surface area contributed by atoms with Crippen LogP contribution in [0.2, 0.25) is 0 Å². The van der Waals surface area contributed by atoms with E-state index in [4.69, 9.17) is 4.42 Å². The lowest BCUT2D eigenvalue weighted by Gasteiger charge is -2.28. The number of carbonyl (C=O) groups is 2. The summed E-state index contributed by atoms with van der Waals surface area (Å²) in [6.45, 7) is 0.552. The Kier molecular flexibility index (Phi) is 5.97. The number of hydrogen-bond donors (Lipinski definition) is 2. The molecule has 2 amide bonds. The van der Waals surface area contributed by atoms with Crippen molar-refractivity contribution < 1.29 is 14.0 Å². The van der Waals surface area contributed by atoms with E-state index in [1.807, 2.05) is 59.5 Å². The summed E-state index contributed by atoms with van der Waals surface area (Å²) in [6, 6.07) is 13.7. The van der Waals surface area contributed by atoms with Gasteiger partial charge in [0.25, 0.3) is 0 Å². The van der Waals surface area contributed by atoms with Crippen molar-refractivity contribution in [3.8, 4) is 5.69 Å². The highest BCUT2D eigenvalue weighted by atomic mass is 16.3. The quantitative estimate of drug-likeness (QED) is 0.572. The fourth-order valence-electron chi connectivity index (χ4n) is 3.93. The number of nitrogens with one attached hydrogen (secondary N) is 2. The predicted octanol–water partition coefficient (Wildman–Crippen LogP) is 2.80. The van der Waals surface area contributed by atoms with E-state index in [0.29, 0.717) is 38.6 Å². The average molecular weight is 406 g/mol. The normalized spacial score (nSPS) is 18.3. The minimum absolute atomic E-state index is 0.00887. The van der Waals surface area contributed by atoms with Crippen molar-refractivity contribution in [1.82, 2.24) is 20.4 Å². The molecule has 7 heteroatoms. The van der Waals surface area contributed by atoms with E-state index in [2.05, 4.69) is 15.7 Å². The molecular formula is C23H26N4O3. The highest BCUT2D eigenvalue weighted by molar-refractivity contribution is 5.80. The first-order chi connectivity index (χ1) is 14.6. The molecule has 1 atom stereocenters. The number of furan rings is 1. The van der Waals surface area contributed by atoms with Gasteiger partial charge < -0.3 is 15.1 Å². The molecule has 0 bridgehead atoms. The summed E-state index contributed by atoms with van der Waals surface area (Å²) in [5.41, 5.74) is 1.67. The summed E-state index contributed by atoms with van der Waals surface area (Å²) < 4.78 is 7.28. The molecule has 2 aromatic heterocycles. The second-order valence-electron chi connectivity index (χ2n) is 7.81. The maximum Gasteiger partial charge on any atom is 0.220 e. The van der Waals surface area contributed by atoms with Crippen molar-refractivity contribution in [3.05, 3.63) is 72.4 Å². The number of para-hydroxylation sites is 1. The summed E-state index contributed by atoms with van der Waals surface area (Å²) in [5, 5.41) is 10.4. The van der Waals surface area contributed by atoms with Crippen LogP contribution in [0.15, 0.2) is 65.5 Å². The van der Waals surface area contributed by atoms with Crippen LogP contribution in [0.1, 0.15) is 37.0 Å². The molecule has 1 aromatic carbocycles. The number of benzene rings is 1. The van der Waals surface area contributed by atoms with Gasteiger partial charge in [-0.3, -0.25) is 9.59 Å². The Bertz CT molecular complexity index is 981. The summed E-state index contributed by atoms with van der Waals surface area (Å²) >= 11 is 0. The van der Waals surface area contributed by atoms with Crippen molar-refractivity contribution in [3.63, 3.8) is 0 Å².